The molecule has 1 saturated heterocycles. The molecule has 1 fully saturated rings. The van der Waals surface area contributed by atoms with Crippen LogP contribution in [0.3, 0.4) is 0 Å². The maximum absolute atomic E-state index is 12.6. The van der Waals surface area contributed by atoms with E-state index in [1.54, 1.807) is 20.0 Å². The first-order valence-electron chi connectivity index (χ1n) is 9.17. The third kappa shape index (κ3) is 4.68. The predicted octanol–water partition coefficient (Wildman–Crippen LogP) is 2.59. The average Bonchev–Trinajstić information content (AvgIpc) is 3.08. The average molecular weight is 353 g/mol. The van der Waals surface area contributed by atoms with Gasteiger partial charge in [-0.15, -0.1) is 0 Å². The quantitative estimate of drug-likeness (QED) is 0.838. The van der Waals surface area contributed by atoms with Crippen LogP contribution in [0.5, 0.6) is 0 Å². The van der Waals surface area contributed by atoms with Crippen LogP contribution in [0.15, 0.2) is 48.7 Å². The minimum absolute atomic E-state index is 0.0741. The van der Waals surface area contributed by atoms with E-state index in [0.29, 0.717) is 13.1 Å². The van der Waals surface area contributed by atoms with Crippen molar-refractivity contribution >= 4 is 5.91 Å². The third-order valence-corrected chi connectivity index (χ3v) is 4.88. The molecule has 0 aliphatic carbocycles. The number of pyridine rings is 1. The van der Waals surface area contributed by atoms with E-state index >= 15 is 0 Å². The summed E-state index contributed by atoms with van der Waals surface area (Å²) in [7, 11) is 0. The molecule has 1 aromatic carbocycles. The van der Waals surface area contributed by atoms with Crippen molar-refractivity contribution in [3.63, 3.8) is 0 Å². The van der Waals surface area contributed by atoms with E-state index in [1.165, 1.54) is 0 Å². The number of rotatable bonds is 6. The number of carbonyl (C=O) groups is 1. The Morgan fingerprint density at radius 3 is 2.69 bits per heavy atom. The SMILES string of the molecule is CC(C)(O)c1ccc(CNC(=O)C2CCCN2Cc2ccccn2)cc1. The first-order valence-corrected chi connectivity index (χ1v) is 9.17. The van der Waals surface area contributed by atoms with Gasteiger partial charge in [-0.2, -0.15) is 0 Å². The molecule has 1 aromatic heterocycles. The number of nitrogens with one attached hydrogen (secondary N) is 1. The summed E-state index contributed by atoms with van der Waals surface area (Å²) < 4.78 is 0. The normalized spacial score (nSPS) is 18.0. The van der Waals surface area contributed by atoms with Crippen molar-refractivity contribution in [1.29, 1.82) is 0 Å². The third-order valence-electron chi connectivity index (χ3n) is 4.88. The molecule has 1 aliphatic rings. The van der Waals surface area contributed by atoms with Crippen molar-refractivity contribution in [2.75, 3.05) is 6.54 Å². The predicted molar refractivity (Wildman–Crippen MR) is 101 cm³/mol. The summed E-state index contributed by atoms with van der Waals surface area (Å²) >= 11 is 0. The Balaban J connectivity index is 1.55. The highest BCUT2D eigenvalue weighted by Crippen LogP contribution is 2.21. The summed E-state index contributed by atoms with van der Waals surface area (Å²) in [6, 6.07) is 13.5. The van der Waals surface area contributed by atoms with Crippen LogP contribution in [0.1, 0.15) is 43.5 Å². The summed E-state index contributed by atoms with van der Waals surface area (Å²) in [6.45, 7) is 5.66. The Morgan fingerprint density at radius 2 is 2.04 bits per heavy atom. The Morgan fingerprint density at radius 1 is 1.27 bits per heavy atom. The number of benzene rings is 1. The highest BCUT2D eigenvalue weighted by Gasteiger charge is 2.30. The van der Waals surface area contributed by atoms with Gasteiger partial charge in [-0.1, -0.05) is 30.3 Å². The monoisotopic (exact) mass is 353 g/mol. The number of carbonyl (C=O) groups excluding carboxylic acids is 1. The molecule has 5 heteroatoms. The highest BCUT2D eigenvalue weighted by molar-refractivity contribution is 5.82. The molecule has 1 amide bonds. The van der Waals surface area contributed by atoms with Gasteiger partial charge >= 0.3 is 0 Å². The van der Waals surface area contributed by atoms with Crippen LogP contribution in [0.4, 0.5) is 0 Å². The van der Waals surface area contributed by atoms with E-state index in [4.69, 9.17) is 0 Å². The van der Waals surface area contributed by atoms with Gasteiger partial charge in [-0.25, -0.2) is 0 Å². The van der Waals surface area contributed by atoms with Crippen LogP contribution in [0, 0.1) is 0 Å². The summed E-state index contributed by atoms with van der Waals surface area (Å²) in [5.74, 6) is 0.0741. The van der Waals surface area contributed by atoms with Crippen LogP contribution < -0.4 is 5.32 Å². The molecule has 1 unspecified atom stereocenters. The molecule has 5 nitrogen and oxygen atoms in total. The largest absolute Gasteiger partial charge is 0.386 e. The smallest absolute Gasteiger partial charge is 0.237 e. The zero-order chi connectivity index (χ0) is 18.6. The number of amides is 1. The van der Waals surface area contributed by atoms with Gasteiger partial charge in [0.2, 0.25) is 5.91 Å². The lowest BCUT2D eigenvalue weighted by Crippen LogP contribution is -2.42. The van der Waals surface area contributed by atoms with Gasteiger partial charge in [-0.3, -0.25) is 14.7 Å². The Kier molecular flexibility index (Phi) is 5.69. The van der Waals surface area contributed by atoms with Crippen molar-refractivity contribution in [2.45, 2.75) is 51.4 Å². The van der Waals surface area contributed by atoms with Gasteiger partial charge in [0.05, 0.1) is 17.3 Å². The van der Waals surface area contributed by atoms with Crippen molar-refractivity contribution in [2.24, 2.45) is 0 Å². The molecule has 1 atom stereocenters. The number of aliphatic hydroxyl groups is 1. The summed E-state index contributed by atoms with van der Waals surface area (Å²) in [5, 5.41) is 13.1. The van der Waals surface area contributed by atoms with E-state index in [0.717, 1.165) is 36.2 Å². The molecule has 0 saturated carbocycles. The molecule has 2 aromatic rings. The van der Waals surface area contributed by atoms with E-state index < -0.39 is 5.60 Å². The highest BCUT2D eigenvalue weighted by atomic mass is 16.3. The molecular weight excluding hydrogens is 326 g/mol. The molecule has 1 aliphatic heterocycles. The van der Waals surface area contributed by atoms with E-state index in [-0.39, 0.29) is 11.9 Å². The lowest BCUT2D eigenvalue weighted by Gasteiger charge is -2.23. The second-order valence-electron chi connectivity index (χ2n) is 7.42. The van der Waals surface area contributed by atoms with Crippen LogP contribution >= 0.6 is 0 Å². The number of aromatic nitrogens is 1. The van der Waals surface area contributed by atoms with Gasteiger partial charge in [0.1, 0.15) is 0 Å². The lowest BCUT2D eigenvalue weighted by atomic mass is 9.97. The number of likely N-dealkylation sites (tertiary alicyclic amines) is 1. The summed E-state index contributed by atoms with van der Waals surface area (Å²) in [6.07, 6.45) is 3.71. The molecule has 2 heterocycles. The molecule has 3 rings (SSSR count). The molecule has 0 bridgehead atoms. The van der Waals surface area contributed by atoms with E-state index in [1.807, 2.05) is 42.5 Å². The second-order valence-corrected chi connectivity index (χ2v) is 7.42. The number of hydrogen-bond acceptors (Lipinski definition) is 4. The topological polar surface area (TPSA) is 65.5 Å². The van der Waals surface area contributed by atoms with Crippen LogP contribution in [-0.4, -0.2) is 33.5 Å². The zero-order valence-electron chi connectivity index (χ0n) is 15.5. The molecule has 138 valence electrons. The van der Waals surface area contributed by atoms with Crippen molar-refractivity contribution in [1.82, 2.24) is 15.2 Å². The number of hydrogen-bond donors (Lipinski definition) is 2. The fraction of sp³-hybridized carbons (Fsp3) is 0.429. The lowest BCUT2D eigenvalue weighted by molar-refractivity contribution is -0.125. The molecule has 26 heavy (non-hydrogen) atoms. The standard InChI is InChI=1S/C21H27N3O2/c1-21(2,26)17-10-8-16(9-11-17)14-23-20(25)19-7-5-13-24(19)15-18-6-3-4-12-22-18/h3-4,6,8-12,19,26H,5,7,13-15H2,1-2H3,(H,23,25). The first kappa shape index (κ1) is 18.5. The second kappa shape index (κ2) is 7.98. The maximum Gasteiger partial charge on any atom is 0.237 e. The first-order chi connectivity index (χ1) is 12.4. The summed E-state index contributed by atoms with van der Waals surface area (Å²) in [5.41, 5.74) is 2.04. The van der Waals surface area contributed by atoms with Crippen molar-refractivity contribution in [3.05, 3.63) is 65.5 Å². The minimum Gasteiger partial charge on any atom is -0.386 e. The van der Waals surface area contributed by atoms with Crippen LogP contribution in [-0.2, 0) is 23.5 Å². The van der Waals surface area contributed by atoms with Gasteiger partial charge in [0, 0.05) is 19.3 Å². The minimum atomic E-state index is -0.850. The Labute approximate surface area is 155 Å². The molecule has 0 radical (unpaired) electrons. The van der Waals surface area contributed by atoms with Gasteiger partial charge in [0.25, 0.3) is 0 Å². The summed E-state index contributed by atoms with van der Waals surface area (Å²) in [4.78, 5) is 19.2. The molecular formula is C21H27N3O2. The Bertz CT molecular complexity index is 723. The Hall–Kier alpha value is -2.24. The van der Waals surface area contributed by atoms with E-state index in [2.05, 4.69) is 15.2 Å². The fourth-order valence-electron chi connectivity index (χ4n) is 3.35. The fourth-order valence-corrected chi connectivity index (χ4v) is 3.35. The van der Waals surface area contributed by atoms with Gasteiger partial charge in [0.15, 0.2) is 0 Å². The van der Waals surface area contributed by atoms with Gasteiger partial charge < -0.3 is 10.4 Å². The molecule has 0 spiro atoms. The van der Waals surface area contributed by atoms with Crippen molar-refractivity contribution < 1.29 is 9.90 Å². The van der Waals surface area contributed by atoms with Gasteiger partial charge in [-0.05, 0) is 56.5 Å². The van der Waals surface area contributed by atoms with Crippen LogP contribution in [0.2, 0.25) is 0 Å². The zero-order valence-corrected chi connectivity index (χ0v) is 15.5. The van der Waals surface area contributed by atoms with Crippen molar-refractivity contribution in [3.8, 4) is 0 Å². The maximum atomic E-state index is 12.6. The molecule has 2 N–H and O–H groups in total. The van der Waals surface area contributed by atoms with E-state index in [9.17, 15) is 9.90 Å². The van der Waals surface area contributed by atoms with Crippen LogP contribution in [0.25, 0.3) is 0 Å². The number of nitrogens with zero attached hydrogens (tertiary/aromatic N) is 2.